The van der Waals surface area contributed by atoms with Gasteiger partial charge in [0, 0.05) is 29.4 Å². The smallest absolute Gasteiger partial charge is 0.313 e. The molecule has 146 valence electrons. The average molecular weight is 390 g/mol. The molecule has 0 spiro atoms. The van der Waals surface area contributed by atoms with Gasteiger partial charge < -0.3 is 14.0 Å². The van der Waals surface area contributed by atoms with Crippen LogP contribution < -0.4 is 0 Å². The van der Waals surface area contributed by atoms with Crippen LogP contribution in [-0.2, 0) is 27.4 Å². The molecule has 3 rings (SSSR count). The molecule has 2 aromatic rings. The first-order valence-electron chi connectivity index (χ1n) is 9.59. The molecular formula is C22H28ClNO3. The lowest BCUT2D eigenvalue weighted by Gasteiger charge is -2.06. The topological polar surface area (TPSA) is 40.5 Å². The maximum atomic E-state index is 12.4. The minimum absolute atomic E-state index is 0.0262. The summed E-state index contributed by atoms with van der Waals surface area (Å²) in [5.74, 6) is -0.340. The molecule has 0 saturated heterocycles. The van der Waals surface area contributed by atoms with Gasteiger partial charge in [-0.1, -0.05) is 50.9 Å². The number of ether oxygens (including phenoxy) is 2. The Morgan fingerprint density at radius 2 is 1.93 bits per heavy atom. The molecule has 0 amide bonds. The van der Waals surface area contributed by atoms with Crippen molar-refractivity contribution in [3.63, 3.8) is 0 Å². The normalized spacial score (nSPS) is 20.4. The van der Waals surface area contributed by atoms with Gasteiger partial charge in [-0.15, -0.1) is 0 Å². The van der Waals surface area contributed by atoms with Crippen LogP contribution in [-0.4, -0.2) is 23.2 Å². The summed E-state index contributed by atoms with van der Waals surface area (Å²) in [7, 11) is 0. The molecule has 0 N–H and O–H groups in total. The van der Waals surface area contributed by atoms with Crippen molar-refractivity contribution in [1.29, 1.82) is 0 Å². The first kappa shape index (κ1) is 20.0. The fourth-order valence-electron chi connectivity index (χ4n) is 3.43. The maximum Gasteiger partial charge on any atom is 0.313 e. The Hall–Kier alpha value is -1.78. The van der Waals surface area contributed by atoms with Gasteiger partial charge in [0.2, 0.25) is 0 Å². The van der Waals surface area contributed by atoms with Crippen molar-refractivity contribution < 1.29 is 14.3 Å². The van der Waals surface area contributed by atoms with Crippen LogP contribution in [0.2, 0.25) is 5.02 Å². The Labute approximate surface area is 166 Å². The number of hydrogen-bond acceptors (Lipinski definition) is 3. The van der Waals surface area contributed by atoms with Crippen LogP contribution >= 0.6 is 11.6 Å². The molecule has 5 heteroatoms. The number of benzene rings is 1. The van der Waals surface area contributed by atoms with Crippen molar-refractivity contribution in [2.75, 3.05) is 6.61 Å². The van der Waals surface area contributed by atoms with E-state index in [2.05, 4.69) is 20.8 Å². The van der Waals surface area contributed by atoms with Gasteiger partial charge in [-0.2, -0.15) is 0 Å². The van der Waals surface area contributed by atoms with Crippen LogP contribution in [0.1, 0.15) is 44.7 Å². The monoisotopic (exact) mass is 389 g/mol. The summed E-state index contributed by atoms with van der Waals surface area (Å²) in [6.07, 6.45) is 6.85. The second-order valence-electron chi connectivity index (χ2n) is 7.87. The minimum Gasteiger partial charge on any atom is -0.444 e. The molecule has 1 aliphatic rings. The van der Waals surface area contributed by atoms with E-state index in [1.165, 1.54) is 11.1 Å². The zero-order chi connectivity index (χ0) is 19.4. The second kappa shape index (κ2) is 8.49. The molecule has 1 aromatic heterocycles. The Bertz CT molecular complexity index is 766. The maximum absolute atomic E-state index is 12.4. The summed E-state index contributed by atoms with van der Waals surface area (Å²) < 4.78 is 13.3. The standard InChI is InChI=1S/C22H28ClNO3/c1-4-5-12-26-20-19(22(20,2)3)21(25)27-15-24-11-10-17(14-24)13-16-6-8-18(23)9-7-16/h6-11,14,19-20H,4-5,12-13,15H2,1-3H3. The number of aromatic nitrogens is 1. The lowest BCUT2D eigenvalue weighted by atomic mass is 10.1. The Balaban J connectivity index is 1.48. The highest BCUT2D eigenvalue weighted by Crippen LogP contribution is 2.54. The summed E-state index contributed by atoms with van der Waals surface area (Å²) >= 11 is 5.92. The molecule has 1 fully saturated rings. The lowest BCUT2D eigenvalue weighted by molar-refractivity contribution is -0.150. The Morgan fingerprint density at radius 3 is 2.63 bits per heavy atom. The number of rotatable bonds is 9. The fraction of sp³-hybridized carbons (Fsp3) is 0.500. The molecular weight excluding hydrogens is 362 g/mol. The Morgan fingerprint density at radius 1 is 1.19 bits per heavy atom. The van der Waals surface area contributed by atoms with E-state index >= 15 is 0 Å². The van der Waals surface area contributed by atoms with Crippen LogP contribution in [0.25, 0.3) is 0 Å². The van der Waals surface area contributed by atoms with E-state index in [4.69, 9.17) is 21.1 Å². The summed E-state index contributed by atoms with van der Waals surface area (Å²) in [5.41, 5.74) is 2.23. The van der Waals surface area contributed by atoms with Crippen LogP contribution in [0.5, 0.6) is 0 Å². The molecule has 1 aromatic carbocycles. The van der Waals surface area contributed by atoms with E-state index < -0.39 is 0 Å². The van der Waals surface area contributed by atoms with Gasteiger partial charge >= 0.3 is 5.97 Å². The van der Waals surface area contributed by atoms with E-state index in [1.807, 2.05) is 47.3 Å². The first-order valence-corrected chi connectivity index (χ1v) is 9.97. The van der Waals surface area contributed by atoms with Gasteiger partial charge in [-0.3, -0.25) is 4.79 Å². The SMILES string of the molecule is CCCCOC1C(C(=O)OCn2ccc(Cc3ccc(Cl)cc3)c2)C1(C)C. The summed E-state index contributed by atoms with van der Waals surface area (Å²) in [5, 5.41) is 0.739. The number of esters is 1. The molecule has 1 heterocycles. The van der Waals surface area contributed by atoms with E-state index in [0.29, 0.717) is 6.61 Å². The highest BCUT2D eigenvalue weighted by atomic mass is 35.5. The third-order valence-electron chi connectivity index (χ3n) is 5.27. The second-order valence-corrected chi connectivity index (χ2v) is 8.31. The molecule has 1 aliphatic carbocycles. The van der Waals surface area contributed by atoms with E-state index in [1.54, 1.807) is 0 Å². The van der Waals surface area contributed by atoms with Crippen molar-refractivity contribution in [2.45, 2.75) is 52.9 Å². The number of hydrogen-bond donors (Lipinski definition) is 0. The average Bonchev–Trinajstić information content (AvgIpc) is 2.96. The fourth-order valence-corrected chi connectivity index (χ4v) is 3.55. The van der Waals surface area contributed by atoms with Crippen molar-refractivity contribution in [3.8, 4) is 0 Å². The first-order chi connectivity index (χ1) is 12.9. The van der Waals surface area contributed by atoms with Crippen LogP contribution in [0, 0.1) is 11.3 Å². The van der Waals surface area contributed by atoms with Crippen molar-refractivity contribution in [3.05, 3.63) is 58.9 Å². The van der Waals surface area contributed by atoms with E-state index in [0.717, 1.165) is 24.3 Å². The number of nitrogens with zero attached hydrogens (tertiary/aromatic N) is 1. The van der Waals surface area contributed by atoms with E-state index in [9.17, 15) is 4.79 Å². The lowest BCUT2D eigenvalue weighted by Crippen LogP contribution is -2.14. The third-order valence-corrected chi connectivity index (χ3v) is 5.52. The molecule has 4 nitrogen and oxygen atoms in total. The van der Waals surface area contributed by atoms with Gasteiger partial charge in [0.1, 0.15) is 0 Å². The molecule has 1 saturated carbocycles. The largest absolute Gasteiger partial charge is 0.444 e. The molecule has 0 bridgehead atoms. The highest BCUT2D eigenvalue weighted by molar-refractivity contribution is 6.30. The van der Waals surface area contributed by atoms with E-state index in [-0.39, 0.29) is 30.1 Å². The van der Waals surface area contributed by atoms with Gasteiger partial charge in [-0.25, -0.2) is 0 Å². The van der Waals surface area contributed by atoms with Gasteiger partial charge in [0.05, 0.1) is 12.0 Å². The zero-order valence-electron chi connectivity index (χ0n) is 16.3. The molecule has 0 radical (unpaired) electrons. The van der Waals surface area contributed by atoms with Crippen LogP contribution in [0.3, 0.4) is 0 Å². The number of halogens is 1. The van der Waals surface area contributed by atoms with Crippen molar-refractivity contribution in [1.82, 2.24) is 4.57 Å². The number of carbonyl (C=O) groups excluding carboxylic acids is 1. The van der Waals surface area contributed by atoms with Crippen LogP contribution in [0.15, 0.2) is 42.7 Å². The Kier molecular flexibility index (Phi) is 6.28. The quantitative estimate of drug-likeness (QED) is 0.443. The summed E-state index contributed by atoms with van der Waals surface area (Å²) in [6, 6.07) is 9.87. The summed E-state index contributed by atoms with van der Waals surface area (Å²) in [6.45, 7) is 7.20. The highest BCUT2D eigenvalue weighted by Gasteiger charge is 2.64. The minimum atomic E-state index is -0.172. The number of unbranched alkanes of at least 4 members (excludes halogenated alkanes) is 1. The molecule has 2 atom stereocenters. The molecule has 2 unspecified atom stereocenters. The van der Waals surface area contributed by atoms with Crippen LogP contribution in [0.4, 0.5) is 0 Å². The molecule has 0 aliphatic heterocycles. The zero-order valence-corrected chi connectivity index (χ0v) is 17.0. The predicted octanol–water partition coefficient (Wildman–Crippen LogP) is 5.07. The molecule has 27 heavy (non-hydrogen) atoms. The van der Waals surface area contributed by atoms with Crippen molar-refractivity contribution in [2.24, 2.45) is 11.3 Å². The third kappa shape index (κ3) is 4.94. The van der Waals surface area contributed by atoms with Crippen molar-refractivity contribution >= 4 is 17.6 Å². The predicted molar refractivity (Wildman–Crippen MR) is 107 cm³/mol. The number of carbonyl (C=O) groups is 1. The summed E-state index contributed by atoms with van der Waals surface area (Å²) in [4.78, 5) is 12.4. The van der Waals surface area contributed by atoms with Gasteiger partial charge in [-0.05, 0) is 42.2 Å². The van der Waals surface area contributed by atoms with Gasteiger partial charge in [0.25, 0.3) is 0 Å². The van der Waals surface area contributed by atoms with Gasteiger partial charge in [0.15, 0.2) is 6.73 Å².